The van der Waals surface area contributed by atoms with E-state index >= 15 is 0 Å². The van der Waals surface area contributed by atoms with E-state index in [2.05, 4.69) is 20.5 Å². The molecule has 0 radical (unpaired) electrons. The molecule has 0 bridgehead atoms. The van der Waals surface area contributed by atoms with E-state index in [0.717, 1.165) is 49.6 Å². The maximum absolute atomic E-state index is 12.7. The average molecular weight is 369 g/mol. The molecule has 2 aromatic rings. The maximum atomic E-state index is 12.7. The number of rotatable bonds is 6. The highest BCUT2D eigenvalue weighted by Crippen LogP contribution is 2.45. The van der Waals surface area contributed by atoms with Crippen LogP contribution in [0.15, 0.2) is 30.3 Å². The van der Waals surface area contributed by atoms with Crippen LogP contribution in [-0.2, 0) is 0 Å². The molecular weight excluding hydrogens is 342 g/mol. The van der Waals surface area contributed by atoms with E-state index in [1.807, 2.05) is 42.2 Å². The molecule has 2 fully saturated rings. The fourth-order valence-electron chi connectivity index (χ4n) is 3.59. The van der Waals surface area contributed by atoms with Crippen molar-refractivity contribution in [1.29, 1.82) is 0 Å². The number of hydrogen-bond donors (Lipinski definition) is 2. The van der Waals surface area contributed by atoms with Crippen molar-refractivity contribution >= 4 is 6.03 Å². The summed E-state index contributed by atoms with van der Waals surface area (Å²) in [4.78, 5) is 19.0. The summed E-state index contributed by atoms with van der Waals surface area (Å²) in [6.45, 7) is 4.68. The first-order valence-corrected chi connectivity index (χ1v) is 9.73. The Morgan fingerprint density at radius 3 is 2.89 bits per heavy atom. The summed E-state index contributed by atoms with van der Waals surface area (Å²) >= 11 is 0. The number of benzene rings is 1. The van der Waals surface area contributed by atoms with Crippen LogP contribution < -0.4 is 10.1 Å². The monoisotopic (exact) mass is 369 g/mol. The molecule has 144 valence electrons. The lowest BCUT2D eigenvalue weighted by Gasteiger charge is -2.32. The number of nitrogens with one attached hydrogen (secondary N) is 2. The van der Waals surface area contributed by atoms with E-state index in [0.29, 0.717) is 19.7 Å². The molecule has 2 aliphatic rings. The Labute approximate surface area is 159 Å². The van der Waals surface area contributed by atoms with Crippen LogP contribution in [0.2, 0.25) is 0 Å². The van der Waals surface area contributed by atoms with Crippen molar-refractivity contribution in [3.8, 4) is 5.75 Å². The molecule has 7 nitrogen and oxygen atoms in total. The molecule has 1 aromatic heterocycles. The van der Waals surface area contributed by atoms with E-state index in [1.54, 1.807) is 0 Å². The zero-order valence-electron chi connectivity index (χ0n) is 15.8. The van der Waals surface area contributed by atoms with Crippen molar-refractivity contribution < 1.29 is 9.53 Å². The summed E-state index contributed by atoms with van der Waals surface area (Å²) in [7, 11) is 0. The van der Waals surface area contributed by atoms with Crippen molar-refractivity contribution in [1.82, 2.24) is 25.4 Å². The quantitative estimate of drug-likeness (QED) is 0.820. The lowest BCUT2D eigenvalue weighted by atomic mass is 9.97. The van der Waals surface area contributed by atoms with E-state index in [1.165, 1.54) is 0 Å². The first-order valence-electron chi connectivity index (χ1n) is 9.73. The number of carbonyl (C=O) groups excluding carboxylic acids is 1. The number of aryl methyl sites for hydroxylation is 1. The fourth-order valence-corrected chi connectivity index (χ4v) is 3.59. The zero-order valence-corrected chi connectivity index (χ0v) is 15.8. The van der Waals surface area contributed by atoms with Crippen LogP contribution in [0.25, 0.3) is 0 Å². The summed E-state index contributed by atoms with van der Waals surface area (Å²) in [5.41, 5.74) is 0.0849. The lowest BCUT2D eigenvalue weighted by Crippen LogP contribution is -2.47. The number of piperidine rings is 1. The summed E-state index contributed by atoms with van der Waals surface area (Å²) in [5.74, 6) is 2.74. The minimum absolute atomic E-state index is 0.0120. The van der Waals surface area contributed by atoms with Crippen molar-refractivity contribution in [3.63, 3.8) is 0 Å². The van der Waals surface area contributed by atoms with Gasteiger partial charge in [0.05, 0.1) is 6.61 Å². The zero-order chi connectivity index (χ0) is 18.7. The van der Waals surface area contributed by atoms with Crippen molar-refractivity contribution in [2.75, 3.05) is 26.2 Å². The Morgan fingerprint density at radius 2 is 2.19 bits per heavy atom. The van der Waals surface area contributed by atoms with Crippen LogP contribution >= 0.6 is 0 Å². The van der Waals surface area contributed by atoms with Gasteiger partial charge in [-0.1, -0.05) is 18.2 Å². The van der Waals surface area contributed by atoms with E-state index in [9.17, 15) is 4.79 Å². The molecule has 4 rings (SSSR count). The number of hydrogen-bond acceptors (Lipinski definition) is 4. The number of urea groups is 1. The second-order valence-corrected chi connectivity index (χ2v) is 7.82. The smallest absolute Gasteiger partial charge is 0.317 e. The highest BCUT2D eigenvalue weighted by atomic mass is 16.5. The third-order valence-electron chi connectivity index (χ3n) is 5.55. The number of amides is 2. The van der Waals surface area contributed by atoms with Crippen molar-refractivity contribution in [3.05, 3.63) is 42.0 Å². The Balaban J connectivity index is 1.26. The molecule has 1 aromatic carbocycles. The Bertz CT molecular complexity index is 772. The molecule has 2 heterocycles. The first-order chi connectivity index (χ1) is 13.1. The molecule has 0 spiro atoms. The van der Waals surface area contributed by atoms with Gasteiger partial charge in [-0.25, -0.2) is 9.78 Å². The second kappa shape index (κ2) is 7.58. The molecule has 27 heavy (non-hydrogen) atoms. The van der Waals surface area contributed by atoms with Crippen LogP contribution in [0, 0.1) is 12.3 Å². The Morgan fingerprint density at radius 1 is 1.37 bits per heavy atom. The summed E-state index contributed by atoms with van der Waals surface area (Å²) < 4.78 is 5.90. The normalized spacial score (nSPS) is 20.9. The van der Waals surface area contributed by atoms with Gasteiger partial charge in [0, 0.05) is 31.0 Å². The van der Waals surface area contributed by atoms with E-state index < -0.39 is 0 Å². The van der Waals surface area contributed by atoms with Gasteiger partial charge in [0.1, 0.15) is 11.6 Å². The van der Waals surface area contributed by atoms with Crippen LogP contribution in [0.3, 0.4) is 0 Å². The minimum Gasteiger partial charge on any atom is -0.493 e. The molecular formula is C20H27N5O2. The van der Waals surface area contributed by atoms with Gasteiger partial charge in [-0.2, -0.15) is 5.10 Å². The second-order valence-electron chi connectivity index (χ2n) is 7.82. The summed E-state index contributed by atoms with van der Waals surface area (Å²) in [6, 6.07) is 9.86. The number of carbonyl (C=O) groups is 1. The number of nitrogens with zero attached hydrogens (tertiary/aromatic N) is 3. The summed E-state index contributed by atoms with van der Waals surface area (Å²) in [5, 5.41) is 10.3. The predicted octanol–water partition coefficient (Wildman–Crippen LogP) is 2.86. The molecule has 1 saturated carbocycles. The topological polar surface area (TPSA) is 83.1 Å². The van der Waals surface area contributed by atoms with Gasteiger partial charge < -0.3 is 15.0 Å². The van der Waals surface area contributed by atoms with Crippen LogP contribution in [0.5, 0.6) is 5.75 Å². The molecule has 1 aliphatic carbocycles. The highest BCUT2D eigenvalue weighted by Gasteiger charge is 2.44. The van der Waals surface area contributed by atoms with Gasteiger partial charge in [0.2, 0.25) is 0 Å². The first kappa shape index (κ1) is 17.8. The van der Waals surface area contributed by atoms with Crippen LogP contribution in [0.1, 0.15) is 43.3 Å². The number of ether oxygens (including phenoxy) is 1. The molecule has 1 saturated heterocycles. The number of para-hydroxylation sites is 1. The van der Waals surface area contributed by atoms with Gasteiger partial charge in [-0.3, -0.25) is 5.10 Å². The van der Waals surface area contributed by atoms with Gasteiger partial charge in [0.15, 0.2) is 5.82 Å². The van der Waals surface area contributed by atoms with E-state index in [4.69, 9.17) is 4.74 Å². The van der Waals surface area contributed by atoms with Crippen molar-refractivity contribution in [2.24, 2.45) is 5.41 Å². The van der Waals surface area contributed by atoms with Gasteiger partial charge in [-0.05, 0) is 44.7 Å². The Kier molecular flexibility index (Phi) is 5.01. The maximum Gasteiger partial charge on any atom is 0.317 e. The largest absolute Gasteiger partial charge is 0.493 e. The Hall–Kier alpha value is -2.57. The highest BCUT2D eigenvalue weighted by molar-refractivity contribution is 5.74. The molecule has 2 N–H and O–H groups in total. The number of likely N-dealkylation sites (tertiary alicyclic amines) is 1. The molecule has 1 atom stereocenters. The lowest BCUT2D eigenvalue weighted by molar-refractivity contribution is 0.171. The van der Waals surface area contributed by atoms with E-state index in [-0.39, 0.29) is 17.4 Å². The van der Waals surface area contributed by atoms with Gasteiger partial charge >= 0.3 is 6.03 Å². The molecule has 1 aliphatic heterocycles. The number of H-pyrrole nitrogens is 1. The number of aromatic nitrogens is 3. The van der Waals surface area contributed by atoms with Crippen molar-refractivity contribution in [2.45, 2.75) is 38.5 Å². The average Bonchev–Trinajstić information content (AvgIpc) is 3.36. The molecule has 2 amide bonds. The minimum atomic E-state index is 0.0120. The van der Waals surface area contributed by atoms with Crippen LogP contribution in [-0.4, -0.2) is 52.4 Å². The van der Waals surface area contributed by atoms with Gasteiger partial charge in [-0.15, -0.1) is 0 Å². The molecule has 0 unspecified atom stereocenters. The van der Waals surface area contributed by atoms with Gasteiger partial charge in [0.25, 0.3) is 0 Å². The predicted molar refractivity (Wildman–Crippen MR) is 102 cm³/mol. The summed E-state index contributed by atoms with van der Waals surface area (Å²) in [6.07, 6.45) is 4.20. The third-order valence-corrected chi connectivity index (χ3v) is 5.55. The van der Waals surface area contributed by atoms with Crippen LogP contribution in [0.4, 0.5) is 4.79 Å². The SMILES string of the molecule is Cc1nc([C@@H]2CCCN(C(=O)NCC3(COc4ccccc4)CC3)C2)n[nH]1. The standard InChI is InChI=1S/C20H27N5O2/c1-15-22-18(24-23-15)16-6-5-11-25(12-16)19(26)21-13-20(9-10-20)14-27-17-7-3-2-4-8-17/h2-4,7-8,16H,5-6,9-14H2,1H3,(H,21,26)(H,22,23,24)/t16-/m1/s1. The number of aromatic amines is 1. The fraction of sp³-hybridized carbons (Fsp3) is 0.550. The third kappa shape index (κ3) is 4.40. The molecule has 7 heteroatoms.